The van der Waals surface area contributed by atoms with E-state index in [9.17, 15) is 5.11 Å². The molecule has 86 valence electrons. The molecule has 1 atom stereocenters. The number of phenols is 1. The fourth-order valence-corrected chi connectivity index (χ4v) is 2.39. The Morgan fingerprint density at radius 2 is 2.38 bits per heavy atom. The van der Waals surface area contributed by atoms with Gasteiger partial charge in [0, 0.05) is 17.1 Å². The predicted molar refractivity (Wildman–Crippen MR) is 69.9 cm³/mol. The number of aromatic hydroxyl groups is 1. The molecule has 1 aliphatic rings. The van der Waals surface area contributed by atoms with Crippen molar-refractivity contribution in [1.82, 2.24) is 5.32 Å². The second kappa shape index (κ2) is 5.02. The van der Waals surface area contributed by atoms with Crippen LogP contribution in [0.2, 0.25) is 0 Å². The van der Waals surface area contributed by atoms with Gasteiger partial charge >= 0.3 is 0 Å². The van der Waals surface area contributed by atoms with Gasteiger partial charge in [-0.3, -0.25) is 0 Å². The minimum Gasteiger partial charge on any atom is -0.508 e. The van der Waals surface area contributed by atoms with Gasteiger partial charge in [0.05, 0.1) is 0 Å². The molecule has 1 aromatic rings. The van der Waals surface area contributed by atoms with Crippen LogP contribution in [0, 0.1) is 0 Å². The van der Waals surface area contributed by atoms with Crippen molar-refractivity contribution in [3.63, 3.8) is 0 Å². The number of aryl methyl sites for hydroxylation is 1. The summed E-state index contributed by atoms with van der Waals surface area (Å²) in [5.74, 6) is 0.352. The number of benzene rings is 1. The van der Waals surface area contributed by atoms with Crippen LogP contribution in [0.3, 0.4) is 0 Å². The lowest BCUT2D eigenvalue weighted by molar-refractivity contribution is 0.456. The Hall–Kier alpha value is -0.800. The van der Waals surface area contributed by atoms with Crippen molar-refractivity contribution in [2.24, 2.45) is 0 Å². The van der Waals surface area contributed by atoms with Crippen LogP contribution in [0.4, 0.5) is 0 Å². The first kappa shape index (κ1) is 11.7. The number of hydrogen-bond acceptors (Lipinski definition) is 2. The van der Waals surface area contributed by atoms with Crippen molar-refractivity contribution in [2.45, 2.75) is 25.3 Å². The quantitative estimate of drug-likeness (QED) is 0.891. The lowest BCUT2D eigenvalue weighted by atomic mass is 9.87. The number of rotatable bonds is 3. The molecule has 0 amide bonds. The van der Waals surface area contributed by atoms with E-state index >= 15 is 0 Å². The van der Waals surface area contributed by atoms with E-state index in [0.29, 0.717) is 11.8 Å². The third-order valence-corrected chi connectivity index (χ3v) is 3.26. The Morgan fingerprint density at radius 1 is 1.56 bits per heavy atom. The minimum atomic E-state index is 0.338. The van der Waals surface area contributed by atoms with Gasteiger partial charge in [-0.25, -0.2) is 0 Å². The molecule has 0 heterocycles. The van der Waals surface area contributed by atoms with Gasteiger partial charge < -0.3 is 10.4 Å². The van der Waals surface area contributed by atoms with Gasteiger partial charge in [0.25, 0.3) is 0 Å². The van der Waals surface area contributed by atoms with E-state index in [1.54, 1.807) is 6.07 Å². The zero-order valence-electron chi connectivity index (χ0n) is 9.17. The van der Waals surface area contributed by atoms with E-state index in [1.165, 1.54) is 17.5 Å². The predicted octanol–water partition coefficient (Wildman–Crippen LogP) is 3.27. The van der Waals surface area contributed by atoms with Gasteiger partial charge in [0.15, 0.2) is 0 Å². The topological polar surface area (TPSA) is 32.3 Å². The summed E-state index contributed by atoms with van der Waals surface area (Å²) in [6.07, 6.45) is 3.43. The molecular weight excluding hydrogens is 266 g/mol. The number of nitrogens with one attached hydrogen (secondary N) is 1. The molecule has 0 fully saturated rings. The van der Waals surface area contributed by atoms with Crippen molar-refractivity contribution in [1.29, 1.82) is 0 Å². The van der Waals surface area contributed by atoms with Crippen molar-refractivity contribution in [3.8, 4) is 5.75 Å². The molecular formula is C13H16BrNO. The summed E-state index contributed by atoms with van der Waals surface area (Å²) < 4.78 is 0.958. The standard InChI is InChI=1S/C13H16BrNO/c1-9(14)8-15-13-4-2-3-10-5-6-11(16)7-12(10)13/h5-7,13,15-16H,1-4,8H2. The van der Waals surface area contributed by atoms with Crippen LogP contribution in [0.5, 0.6) is 5.75 Å². The number of halogens is 1. The third kappa shape index (κ3) is 2.66. The van der Waals surface area contributed by atoms with Crippen LogP contribution in [0.15, 0.2) is 29.3 Å². The van der Waals surface area contributed by atoms with Crippen molar-refractivity contribution in [3.05, 3.63) is 40.4 Å². The molecule has 2 nitrogen and oxygen atoms in total. The fourth-order valence-electron chi connectivity index (χ4n) is 2.23. The molecule has 2 N–H and O–H groups in total. The Kier molecular flexibility index (Phi) is 3.66. The van der Waals surface area contributed by atoms with E-state index < -0.39 is 0 Å². The molecule has 0 bridgehead atoms. The molecule has 3 heteroatoms. The maximum absolute atomic E-state index is 9.53. The molecule has 1 unspecified atom stereocenters. The highest BCUT2D eigenvalue weighted by atomic mass is 79.9. The molecule has 0 aliphatic heterocycles. The molecule has 1 aliphatic carbocycles. The van der Waals surface area contributed by atoms with Crippen molar-refractivity contribution < 1.29 is 5.11 Å². The van der Waals surface area contributed by atoms with Gasteiger partial charge in [-0.05, 0) is 42.5 Å². The normalized spacial score (nSPS) is 19.2. The molecule has 1 aromatic carbocycles. The maximum Gasteiger partial charge on any atom is 0.115 e. The number of fused-ring (bicyclic) bond motifs is 1. The minimum absolute atomic E-state index is 0.338. The van der Waals surface area contributed by atoms with Crippen LogP contribution in [0.25, 0.3) is 0 Å². The van der Waals surface area contributed by atoms with E-state index in [1.807, 2.05) is 12.1 Å². The monoisotopic (exact) mass is 281 g/mol. The Morgan fingerprint density at radius 3 is 3.12 bits per heavy atom. The third-order valence-electron chi connectivity index (χ3n) is 2.98. The number of hydrogen-bond donors (Lipinski definition) is 2. The van der Waals surface area contributed by atoms with E-state index in [0.717, 1.165) is 23.9 Å². The van der Waals surface area contributed by atoms with E-state index in [-0.39, 0.29) is 0 Å². The Labute approximate surface area is 105 Å². The highest BCUT2D eigenvalue weighted by molar-refractivity contribution is 9.11. The first-order valence-corrected chi connectivity index (χ1v) is 6.34. The first-order valence-electron chi connectivity index (χ1n) is 5.55. The summed E-state index contributed by atoms with van der Waals surface area (Å²) in [5.41, 5.74) is 2.58. The number of phenolic OH excluding ortho intramolecular Hbond substituents is 1. The zero-order chi connectivity index (χ0) is 11.5. The van der Waals surface area contributed by atoms with Crippen LogP contribution in [-0.2, 0) is 6.42 Å². The van der Waals surface area contributed by atoms with Crippen LogP contribution >= 0.6 is 15.9 Å². The SMILES string of the molecule is C=C(Br)CNC1CCCc2ccc(O)cc21. The maximum atomic E-state index is 9.53. The largest absolute Gasteiger partial charge is 0.508 e. The van der Waals surface area contributed by atoms with Crippen LogP contribution in [-0.4, -0.2) is 11.7 Å². The summed E-state index contributed by atoms with van der Waals surface area (Å²) in [6, 6.07) is 6.01. The summed E-state index contributed by atoms with van der Waals surface area (Å²) in [5, 5.41) is 13.0. The van der Waals surface area contributed by atoms with Gasteiger partial charge in [0.2, 0.25) is 0 Å². The van der Waals surface area contributed by atoms with Gasteiger partial charge in [-0.1, -0.05) is 28.6 Å². The van der Waals surface area contributed by atoms with Crippen molar-refractivity contribution >= 4 is 15.9 Å². The van der Waals surface area contributed by atoms with Crippen LogP contribution < -0.4 is 5.32 Å². The molecule has 0 aromatic heterocycles. The molecule has 0 radical (unpaired) electrons. The first-order chi connectivity index (χ1) is 7.66. The summed E-state index contributed by atoms with van der Waals surface area (Å²) in [6.45, 7) is 4.58. The smallest absolute Gasteiger partial charge is 0.115 e. The molecule has 0 saturated carbocycles. The molecule has 16 heavy (non-hydrogen) atoms. The second-order valence-electron chi connectivity index (χ2n) is 4.23. The Balaban J connectivity index is 2.18. The van der Waals surface area contributed by atoms with E-state index in [4.69, 9.17) is 0 Å². The van der Waals surface area contributed by atoms with E-state index in [2.05, 4.69) is 27.8 Å². The average molecular weight is 282 g/mol. The second-order valence-corrected chi connectivity index (χ2v) is 5.35. The van der Waals surface area contributed by atoms with Crippen molar-refractivity contribution in [2.75, 3.05) is 6.54 Å². The zero-order valence-corrected chi connectivity index (χ0v) is 10.8. The highest BCUT2D eigenvalue weighted by Gasteiger charge is 2.19. The van der Waals surface area contributed by atoms with Gasteiger partial charge in [0.1, 0.15) is 5.75 Å². The van der Waals surface area contributed by atoms with Crippen LogP contribution in [0.1, 0.15) is 30.0 Å². The highest BCUT2D eigenvalue weighted by Crippen LogP contribution is 2.32. The summed E-state index contributed by atoms with van der Waals surface area (Å²) in [7, 11) is 0. The summed E-state index contributed by atoms with van der Waals surface area (Å²) >= 11 is 3.35. The average Bonchev–Trinajstić information content (AvgIpc) is 2.26. The lowest BCUT2D eigenvalue weighted by Crippen LogP contribution is -2.26. The summed E-state index contributed by atoms with van der Waals surface area (Å²) in [4.78, 5) is 0. The molecule has 0 saturated heterocycles. The van der Waals surface area contributed by atoms with Gasteiger partial charge in [-0.2, -0.15) is 0 Å². The van der Waals surface area contributed by atoms with Gasteiger partial charge in [-0.15, -0.1) is 0 Å². The molecule has 2 rings (SSSR count). The molecule has 0 spiro atoms. The Bertz CT molecular complexity index is 403. The lowest BCUT2D eigenvalue weighted by Gasteiger charge is -2.26. The fraction of sp³-hybridized carbons (Fsp3) is 0.385.